The van der Waals surface area contributed by atoms with Crippen LogP contribution in [0.1, 0.15) is 0 Å². The Balaban J connectivity index is 2.00. The first-order chi connectivity index (χ1) is 8.83. The van der Waals surface area contributed by atoms with E-state index in [2.05, 4.69) is 20.2 Å². The van der Waals surface area contributed by atoms with Crippen LogP contribution in [-0.4, -0.2) is 20.2 Å². The van der Waals surface area contributed by atoms with Crippen LogP contribution in [0.2, 0.25) is 5.02 Å². The summed E-state index contributed by atoms with van der Waals surface area (Å²) in [6.07, 6.45) is 4.71. The number of hydrogen-bond donors (Lipinski definition) is 0. The zero-order valence-corrected chi connectivity index (χ0v) is 9.87. The van der Waals surface area contributed by atoms with E-state index in [-0.39, 0.29) is 0 Å². The molecule has 0 aliphatic rings. The summed E-state index contributed by atoms with van der Waals surface area (Å²) < 4.78 is 5.53. The molecule has 0 saturated heterocycles. The predicted octanol–water partition coefficient (Wildman–Crippen LogP) is 2.85. The van der Waals surface area contributed by atoms with Gasteiger partial charge in [0, 0.05) is 23.0 Å². The molecule has 0 fully saturated rings. The first-order valence-electron chi connectivity index (χ1n) is 5.19. The van der Waals surface area contributed by atoms with Gasteiger partial charge in [0.05, 0.1) is 6.20 Å². The van der Waals surface area contributed by atoms with Gasteiger partial charge in [0.1, 0.15) is 5.69 Å². The Kier molecular flexibility index (Phi) is 2.74. The molecule has 18 heavy (non-hydrogen) atoms. The van der Waals surface area contributed by atoms with Gasteiger partial charge in [-0.15, -0.1) is 10.2 Å². The molecule has 0 radical (unpaired) electrons. The third-order valence-corrected chi connectivity index (χ3v) is 2.51. The molecule has 3 rings (SSSR count). The molecule has 6 heteroatoms. The Morgan fingerprint density at radius 2 is 1.94 bits per heavy atom. The molecule has 1 aromatic carbocycles. The van der Waals surface area contributed by atoms with E-state index in [1.807, 2.05) is 12.1 Å². The summed E-state index contributed by atoms with van der Waals surface area (Å²) in [5.41, 5.74) is 1.31. The topological polar surface area (TPSA) is 64.7 Å². The highest BCUT2D eigenvalue weighted by atomic mass is 35.5. The standard InChI is InChI=1S/C12H7ClN4O/c13-9-3-1-2-8(6-9)11-16-17-12(18-11)10-7-14-4-5-15-10/h1-7H. The molecule has 0 spiro atoms. The first-order valence-corrected chi connectivity index (χ1v) is 5.56. The van der Waals surface area contributed by atoms with Gasteiger partial charge in [0.2, 0.25) is 5.89 Å². The number of rotatable bonds is 2. The predicted molar refractivity (Wildman–Crippen MR) is 65.8 cm³/mol. The lowest BCUT2D eigenvalue weighted by molar-refractivity contribution is 0.581. The number of halogens is 1. The fourth-order valence-electron chi connectivity index (χ4n) is 1.47. The maximum Gasteiger partial charge on any atom is 0.268 e. The molecule has 3 aromatic rings. The summed E-state index contributed by atoms with van der Waals surface area (Å²) >= 11 is 5.91. The van der Waals surface area contributed by atoms with Crippen LogP contribution in [0, 0.1) is 0 Å². The van der Waals surface area contributed by atoms with E-state index in [9.17, 15) is 0 Å². The van der Waals surface area contributed by atoms with E-state index in [0.717, 1.165) is 5.56 Å². The molecule has 2 aromatic heterocycles. The molecule has 0 amide bonds. The first kappa shape index (κ1) is 10.9. The maximum atomic E-state index is 5.91. The van der Waals surface area contributed by atoms with Crippen LogP contribution in [0.5, 0.6) is 0 Å². The van der Waals surface area contributed by atoms with Gasteiger partial charge in [0.25, 0.3) is 5.89 Å². The molecule has 0 aliphatic carbocycles. The lowest BCUT2D eigenvalue weighted by Crippen LogP contribution is -1.83. The van der Waals surface area contributed by atoms with Crippen molar-refractivity contribution in [3.05, 3.63) is 47.9 Å². The lowest BCUT2D eigenvalue weighted by Gasteiger charge is -1.94. The van der Waals surface area contributed by atoms with Crippen molar-refractivity contribution >= 4 is 11.6 Å². The van der Waals surface area contributed by atoms with Crippen molar-refractivity contribution in [3.63, 3.8) is 0 Å². The van der Waals surface area contributed by atoms with Gasteiger partial charge in [-0.2, -0.15) is 0 Å². The third kappa shape index (κ3) is 2.08. The van der Waals surface area contributed by atoms with Crippen molar-refractivity contribution in [1.29, 1.82) is 0 Å². The van der Waals surface area contributed by atoms with Crippen molar-refractivity contribution in [2.45, 2.75) is 0 Å². The van der Waals surface area contributed by atoms with Crippen LogP contribution in [0.4, 0.5) is 0 Å². The molecular weight excluding hydrogens is 252 g/mol. The van der Waals surface area contributed by atoms with Crippen LogP contribution >= 0.6 is 11.6 Å². The molecule has 0 N–H and O–H groups in total. The molecule has 0 atom stereocenters. The normalized spacial score (nSPS) is 10.5. The smallest absolute Gasteiger partial charge is 0.268 e. The minimum Gasteiger partial charge on any atom is -0.415 e. The van der Waals surface area contributed by atoms with Crippen molar-refractivity contribution in [3.8, 4) is 23.0 Å². The van der Waals surface area contributed by atoms with Crippen LogP contribution in [0.15, 0.2) is 47.3 Å². The average molecular weight is 259 g/mol. The quantitative estimate of drug-likeness (QED) is 0.707. The molecule has 0 saturated carbocycles. The van der Waals surface area contributed by atoms with Crippen LogP contribution in [0.25, 0.3) is 23.0 Å². The number of aromatic nitrogens is 4. The van der Waals surface area contributed by atoms with E-state index >= 15 is 0 Å². The second-order valence-electron chi connectivity index (χ2n) is 3.51. The molecule has 5 nitrogen and oxygen atoms in total. The Bertz CT molecular complexity index is 669. The minimum absolute atomic E-state index is 0.332. The van der Waals surface area contributed by atoms with Crippen LogP contribution in [-0.2, 0) is 0 Å². The lowest BCUT2D eigenvalue weighted by atomic mass is 10.2. The monoisotopic (exact) mass is 258 g/mol. The van der Waals surface area contributed by atoms with E-state index in [1.54, 1.807) is 30.7 Å². The average Bonchev–Trinajstić information content (AvgIpc) is 2.89. The summed E-state index contributed by atoms with van der Waals surface area (Å²) in [5.74, 6) is 0.733. The van der Waals surface area contributed by atoms with Gasteiger partial charge >= 0.3 is 0 Å². The zero-order chi connectivity index (χ0) is 12.4. The van der Waals surface area contributed by atoms with Crippen molar-refractivity contribution < 1.29 is 4.42 Å². The second kappa shape index (κ2) is 4.54. The molecule has 0 unspecified atom stereocenters. The summed E-state index contributed by atoms with van der Waals surface area (Å²) in [4.78, 5) is 8.03. The highest BCUT2D eigenvalue weighted by Gasteiger charge is 2.11. The largest absolute Gasteiger partial charge is 0.415 e. The Morgan fingerprint density at radius 3 is 2.72 bits per heavy atom. The molecule has 88 valence electrons. The Hall–Kier alpha value is -2.27. The van der Waals surface area contributed by atoms with Gasteiger partial charge < -0.3 is 4.42 Å². The van der Waals surface area contributed by atoms with Crippen LogP contribution in [0.3, 0.4) is 0 Å². The summed E-state index contributed by atoms with van der Waals surface area (Å²) in [5, 5.41) is 8.51. The van der Waals surface area contributed by atoms with Crippen molar-refractivity contribution in [2.24, 2.45) is 0 Å². The number of nitrogens with zero attached hydrogens (tertiary/aromatic N) is 4. The summed E-state index contributed by atoms with van der Waals surface area (Å²) in [7, 11) is 0. The fourth-order valence-corrected chi connectivity index (χ4v) is 1.66. The Labute approximate surface area is 107 Å². The highest BCUT2D eigenvalue weighted by Crippen LogP contribution is 2.24. The molecule has 0 aliphatic heterocycles. The van der Waals surface area contributed by atoms with E-state index in [0.29, 0.717) is 22.5 Å². The van der Waals surface area contributed by atoms with Gasteiger partial charge in [-0.05, 0) is 18.2 Å². The molecule has 2 heterocycles. The summed E-state index contributed by atoms with van der Waals surface area (Å²) in [6.45, 7) is 0. The summed E-state index contributed by atoms with van der Waals surface area (Å²) in [6, 6.07) is 7.21. The maximum absolute atomic E-state index is 5.91. The van der Waals surface area contributed by atoms with E-state index < -0.39 is 0 Å². The fraction of sp³-hybridized carbons (Fsp3) is 0. The second-order valence-corrected chi connectivity index (χ2v) is 3.95. The SMILES string of the molecule is Clc1cccc(-c2nnc(-c3cnccn3)o2)c1. The van der Waals surface area contributed by atoms with E-state index in [4.69, 9.17) is 16.0 Å². The molecule has 0 bridgehead atoms. The number of benzene rings is 1. The van der Waals surface area contributed by atoms with Gasteiger partial charge in [-0.1, -0.05) is 17.7 Å². The van der Waals surface area contributed by atoms with Gasteiger partial charge in [0.15, 0.2) is 0 Å². The highest BCUT2D eigenvalue weighted by molar-refractivity contribution is 6.30. The molecular formula is C12H7ClN4O. The number of hydrogen-bond acceptors (Lipinski definition) is 5. The minimum atomic E-state index is 0.332. The van der Waals surface area contributed by atoms with Crippen molar-refractivity contribution in [1.82, 2.24) is 20.2 Å². The Morgan fingerprint density at radius 1 is 1.06 bits per heavy atom. The van der Waals surface area contributed by atoms with Crippen molar-refractivity contribution in [2.75, 3.05) is 0 Å². The van der Waals surface area contributed by atoms with Gasteiger partial charge in [-0.3, -0.25) is 4.98 Å². The van der Waals surface area contributed by atoms with E-state index in [1.165, 1.54) is 0 Å². The third-order valence-electron chi connectivity index (χ3n) is 2.28. The van der Waals surface area contributed by atoms with Gasteiger partial charge in [-0.25, -0.2) is 4.98 Å². The van der Waals surface area contributed by atoms with Crippen LogP contribution < -0.4 is 0 Å². The zero-order valence-electron chi connectivity index (χ0n) is 9.12.